The molecule has 0 saturated heterocycles. The van der Waals surface area contributed by atoms with Crippen LogP contribution in [0.2, 0.25) is 0 Å². The Morgan fingerprint density at radius 1 is 1.30 bits per heavy atom. The molecule has 0 aliphatic rings. The van der Waals surface area contributed by atoms with Crippen LogP contribution in [0, 0.1) is 0 Å². The van der Waals surface area contributed by atoms with Gasteiger partial charge in [0.15, 0.2) is 0 Å². The Morgan fingerprint density at radius 3 is 2.80 bits per heavy atom. The van der Waals surface area contributed by atoms with Gasteiger partial charge in [0.2, 0.25) is 5.89 Å². The van der Waals surface area contributed by atoms with Gasteiger partial charge >= 0.3 is 0 Å². The Hall–Kier alpha value is -1.95. The predicted molar refractivity (Wildman–Crippen MR) is 75.5 cm³/mol. The Balaban J connectivity index is 2.05. The maximum atomic E-state index is 5.66. The summed E-state index contributed by atoms with van der Waals surface area (Å²) < 4.78 is 10.9. The van der Waals surface area contributed by atoms with Crippen molar-refractivity contribution in [2.75, 3.05) is 13.7 Å². The molecule has 6 nitrogen and oxygen atoms in total. The highest BCUT2D eigenvalue weighted by molar-refractivity contribution is 5.60. The van der Waals surface area contributed by atoms with Gasteiger partial charge in [-0.15, -0.1) is 10.2 Å². The normalized spacial score (nSPS) is 11.6. The molecule has 0 aliphatic carbocycles. The lowest BCUT2D eigenvalue weighted by Gasteiger charge is -2.19. The lowest BCUT2D eigenvalue weighted by molar-refractivity contribution is 0.406. The van der Waals surface area contributed by atoms with Gasteiger partial charge < -0.3 is 14.5 Å². The molecule has 1 N–H and O–H groups in total. The molecule has 2 heterocycles. The number of pyridine rings is 1. The first-order valence-corrected chi connectivity index (χ1v) is 6.55. The smallest absolute Gasteiger partial charge is 0.251 e. The zero-order valence-electron chi connectivity index (χ0n) is 12.3. The molecule has 0 unspecified atom stereocenters. The summed E-state index contributed by atoms with van der Waals surface area (Å²) in [6.07, 6.45) is 3.99. The third-order valence-corrected chi connectivity index (χ3v) is 2.70. The van der Waals surface area contributed by atoms with E-state index in [0.717, 1.165) is 12.1 Å². The Labute approximate surface area is 118 Å². The maximum Gasteiger partial charge on any atom is 0.251 e. The average molecular weight is 276 g/mol. The summed E-state index contributed by atoms with van der Waals surface area (Å²) in [6, 6.07) is 1.80. The zero-order valence-corrected chi connectivity index (χ0v) is 12.3. The standard InChI is InChI=1S/C14H20N4O2/c1-14(2,3)16-8-6-12-17-18-13(20-12)10-5-7-15-9-11(10)19-4/h5,7,9,16H,6,8H2,1-4H3. The van der Waals surface area contributed by atoms with Crippen LogP contribution in [0.3, 0.4) is 0 Å². The predicted octanol–water partition coefficient (Wildman–Crippen LogP) is 2.07. The Kier molecular flexibility index (Phi) is 4.34. The molecule has 2 rings (SSSR count). The summed E-state index contributed by atoms with van der Waals surface area (Å²) in [5, 5.41) is 11.5. The van der Waals surface area contributed by atoms with Crippen molar-refractivity contribution in [3.8, 4) is 17.2 Å². The van der Waals surface area contributed by atoms with Crippen molar-refractivity contribution in [3.63, 3.8) is 0 Å². The third-order valence-electron chi connectivity index (χ3n) is 2.70. The number of nitrogens with one attached hydrogen (secondary N) is 1. The largest absolute Gasteiger partial charge is 0.494 e. The molecule has 0 spiro atoms. The molecule has 2 aromatic heterocycles. The number of hydrogen-bond acceptors (Lipinski definition) is 6. The lowest BCUT2D eigenvalue weighted by atomic mass is 10.1. The number of methoxy groups -OCH3 is 1. The molecular weight excluding hydrogens is 256 g/mol. The van der Waals surface area contributed by atoms with Crippen molar-refractivity contribution in [2.45, 2.75) is 32.7 Å². The van der Waals surface area contributed by atoms with Crippen LogP contribution < -0.4 is 10.1 Å². The SMILES string of the molecule is COc1cnccc1-c1nnc(CCNC(C)(C)C)o1. The van der Waals surface area contributed by atoms with Gasteiger partial charge in [0.05, 0.1) is 18.9 Å². The summed E-state index contributed by atoms with van der Waals surface area (Å²) in [4.78, 5) is 4.00. The van der Waals surface area contributed by atoms with Crippen molar-refractivity contribution < 1.29 is 9.15 Å². The molecule has 0 saturated carbocycles. The van der Waals surface area contributed by atoms with E-state index in [1.54, 1.807) is 25.6 Å². The second kappa shape index (κ2) is 6.00. The second-order valence-electron chi connectivity index (χ2n) is 5.50. The first-order chi connectivity index (χ1) is 9.49. The fourth-order valence-electron chi connectivity index (χ4n) is 1.73. The molecule has 108 valence electrons. The van der Waals surface area contributed by atoms with E-state index in [-0.39, 0.29) is 5.54 Å². The van der Waals surface area contributed by atoms with Crippen LogP contribution in [0.5, 0.6) is 5.75 Å². The van der Waals surface area contributed by atoms with Crippen molar-refractivity contribution in [1.29, 1.82) is 0 Å². The van der Waals surface area contributed by atoms with Gasteiger partial charge in [-0.1, -0.05) is 0 Å². The fourth-order valence-corrected chi connectivity index (χ4v) is 1.73. The van der Waals surface area contributed by atoms with Gasteiger partial charge in [0.25, 0.3) is 5.89 Å². The Morgan fingerprint density at radius 2 is 2.10 bits per heavy atom. The molecule has 2 aromatic rings. The summed E-state index contributed by atoms with van der Waals surface area (Å²) in [5.74, 6) is 1.68. The number of nitrogens with zero attached hydrogens (tertiary/aromatic N) is 3. The van der Waals surface area contributed by atoms with E-state index in [0.29, 0.717) is 24.0 Å². The molecule has 0 fully saturated rings. The zero-order chi connectivity index (χ0) is 14.6. The van der Waals surface area contributed by atoms with Crippen LogP contribution in [0.25, 0.3) is 11.5 Å². The maximum absolute atomic E-state index is 5.66. The quantitative estimate of drug-likeness (QED) is 0.901. The van der Waals surface area contributed by atoms with E-state index in [4.69, 9.17) is 9.15 Å². The van der Waals surface area contributed by atoms with Crippen LogP contribution in [-0.2, 0) is 6.42 Å². The number of ether oxygens (including phenoxy) is 1. The second-order valence-corrected chi connectivity index (χ2v) is 5.50. The van der Waals surface area contributed by atoms with Crippen molar-refractivity contribution >= 4 is 0 Å². The highest BCUT2D eigenvalue weighted by Gasteiger charge is 2.14. The molecular formula is C14H20N4O2. The summed E-state index contributed by atoms with van der Waals surface area (Å²) in [5.41, 5.74) is 0.835. The van der Waals surface area contributed by atoms with Crippen molar-refractivity contribution in [2.24, 2.45) is 0 Å². The highest BCUT2D eigenvalue weighted by Crippen LogP contribution is 2.27. The van der Waals surface area contributed by atoms with Crippen LogP contribution in [-0.4, -0.2) is 34.4 Å². The molecule has 0 aliphatic heterocycles. The van der Waals surface area contributed by atoms with Crippen LogP contribution in [0.1, 0.15) is 26.7 Å². The van der Waals surface area contributed by atoms with E-state index < -0.39 is 0 Å². The van der Waals surface area contributed by atoms with E-state index in [2.05, 4.69) is 41.3 Å². The number of aromatic nitrogens is 3. The number of rotatable bonds is 5. The van der Waals surface area contributed by atoms with E-state index in [1.807, 2.05) is 0 Å². The van der Waals surface area contributed by atoms with E-state index in [9.17, 15) is 0 Å². The van der Waals surface area contributed by atoms with E-state index >= 15 is 0 Å². The molecule has 0 aromatic carbocycles. The van der Waals surface area contributed by atoms with Gasteiger partial charge in [-0.3, -0.25) is 4.98 Å². The van der Waals surface area contributed by atoms with Crippen LogP contribution in [0.15, 0.2) is 22.9 Å². The van der Waals surface area contributed by atoms with Gasteiger partial charge in [-0.25, -0.2) is 0 Å². The topological polar surface area (TPSA) is 73.1 Å². The molecule has 20 heavy (non-hydrogen) atoms. The van der Waals surface area contributed by atoms with Crippen LogP contribution >= 0.6 is 0 Å². The first-order valence-electron chi connectivity index (χ1n) is 6.55. The summed E-state index contributed by atoms with van der Waals surface area (Å²) in [7, 11) is 1.59. The minimum atomic E-state index is 0.0805. The average Bonchev–Trinajstić information content (AvgIpc) is 2.86. The third kappa shape index (κ3) is 3.77. The minimum absolute atomic E-state index is 0.0805. The number of hydrogen-bond donors (Lipinski definition) is 1. The molecule has 0 atom stereocenters. The molecule has 6 heteroatoms. The van der Waals surface area contributed by atoms with E-state index in [1.165, 1.54) is 0 Å². The lowest BCUT2D eigenvalue weighted by Crippen LogP contribution is -2.37. The van der Waals surface area contributed by atoms with Gasteiger partial charge in [-0.2, -0.15) is 0 Å². The van der Waals surface area contributed by atoms with Crippen molar-refractivity contribution in [3.05, 3.63) is 24.4 Å². The minimum Gasteiger partial charge on any atom is -0.494 e. The van der Waals surface area contributed by atoms with Crippen molar-refractivity contribution in [1.82, 2.24) is 20.5 Å². The highest BCUT2D eigenvalue weighted by atomic mass is 16.5. The van der Waals surface area contributed by atoms with Gasteiger partial charge in [0.1, 0.15) is 5.75 Å². The van der Waals surface area contributed by atoms with Gasteiger partial charge in [-0.05, 0) is 26.8 Å². The molecule has 0 radical (unpaired) electrons. The fraction of sp³-hybridized carbons (Fsp3) is 0.500. The summed E-state index contributed by atoms with van der Waals surface area (Å²) in [6.45, 7) is 7.15. The first kappa shape index (κ1) is 14.5. The summed E-state index contributed by atoms with van der Waals surface area (Å²) >= 11 is 0. The molecule has 0 bridgehead atoms. The molecule has 0 amide bonds. The van der Waals surface area contributed by atoms with Gasteiger partial charge in [0, 0.05) is 24.7 Å². The Bertz CT molecular complexity index is 560. The monoisotopic (exact) mass is 276 g/mol. The van der Waals surface area contributed by atoms with Crippen LogP contribution in [0.4, 0.5) is 0 Å².